The van der Waals surface area contributed by atoms with Crippen molar-refractivity contribution in [3.8, 4) is 0 Å². The van der Waals surface area contributed by atoms with Crippen LogP contribution in [-0.2, 0) is 14.3 Å². The predicted octanol–water partition coefficient (Wildman–Crippen LogP) is 2.50. The number of para-hydroxylation sites is 1. The van der Waals surface area contributed by atoms with Crippen LogP contribution in [0.25, 0.3) is 0 Å². The Morgan fingerprint density at radius 3 is 2.31 bits per heavy atom. The predicted molar refractivity (Wildman–Crippen MR) is 102 cm³/mol. The van der Waals surface area contributed by atoms with Gasteiger partial charge in [-0.1, -0.05) is 29.3 Å². The van der Waals surface area contributed by atoms with E-state index in [0.29, 0.717) is 42.0 Å². The van der Waals surface area contributed by atoms with Gasteiger partial charge in [0.2, 0.25) is 11.8 Å². The SMILES string of the molecule is O=C(CN1CCC(C(=O)N2CCOCC2)CC1)Nc1c(Cl)cccc1Cl. The summed E-state index contributed by atoms with van der Waals surface area (Å²) in [5.41, 5.74) is 0.443. The number of morpholine rings is 1. The van der Waals surface area contributed by atoms with Crippen LogP contribution in [0.15, 0.2) is 18.2 Å². The molecular formula is C18H23Cl2N3O3. The van der Waals surface area contributed by atoms with Gasteiger partial charge < -0.3 is 15.0 Å². The largest absolute Gasteiger partial charge is 0.378 e. The molecule has 0 bridgehead atoms. The zero-order valence-corrected chi connectivity index (χ0v) is 16.1. The summed E-state index contributed by atoms with van der Waals surface area (Å²) in [7, 11) is 0. The second kappa shape index (κ2) is 9.04. The van der Waals surface area contributed by atoms with Gasteiger partial charge in [-0.05, 0) is 38.1 Å². The number of halogens is 2. The third-order valence-electron chi connectivity index (χ3n) is 4.85. The Bertz CT molecular complexity index is 637. The zero-order chi connectivity index (χ0) is 18.5. The fourth-order valence-corrected chi connectivity index (χ4v) is 3.87. The van der Waals surface area contributed by atoms with Gasteiger partial charge in [-0.2, -0.15) is 0 Å². The quantitative estimate of drug-likeness (QED) is 0.844. The molecule has 2 aliphatic rings. The van der Waals surface area contributed by atoms with Gasteiger partial charge in [-0.25, -0.2) is 0 Å². The van der Waals surface area contributed by atoms with Crippen molar-refractivity contribution in [3.63, 3.8) is 0 Å². The zero-order valence-electron chi connectivity index (χ0n) is 14.5. The van der Waals surface area contributed by atoms with E-state index in [2.05, 4.69) is 10.2 Å². The molecule has 0 atom stereocenters. The monoisotopic (exact) mass is 399 g/mol. The van der Waals surface area contributed by atoms with Gasteiger partial charge in [0.15, 0.2) is 0 Å². The number of ether oxygens (including phenoxy) is 1. The molecule has 0 unspecified atom stereocenters. The number of hydrogen-bond donors (Lipinski definition) is 1. The molecule has 2 amide bonds. The topological polar surface area (TPSA) is 61.9 Å². The van der Waals surface area contributed by atoms with Crippen LogP contribution in [0.5, 0.6) is 0 Å². The number of hydrogen-bond acceptors (Lipinski definition) is 4. The number of nitrogens with one attached hydrogen (secondary N) is 1. The first-order valence-electron chi connectivity index (χ1n) is 8.87. The Balaban J connectivity index is 1.46. The molecule has 2 aliphatic heterocycles. The Morgan fingerprint density at radius 1 is 1.08 bits per heavy atom. The first-order valence-corrected chi connectivity index (χ1v) is 9.63. The van der Waals surface area contributed by atoms with Crippen molar-refractivity contribution in [2.24, 2.45) is 5.92 Å². The molecule has 1 N–H and O–H groups in total. The van der Waals surface area contributed by atoms with Crippen molar-refractivity contribution < 1.29 is 14.3 Å². The van der Waals surface area contributed by atoms with E-state index in [4.69, 9.17) is 27.9 Å². The molecule has 8 heteroatoms. The van der Waals surface area contributed by atoms with E-state index < -0.39 is 0 Å². The highest BCUT2D eigenvalue weighted by Crippen LogP contribution is 2.29. The molecule has 2 heterocycles. The van der Waals surface area contributed by atoms with Crippen LogP contribution in [0.4, 0.5) is 5.69 Å². The van der Waals surface area contributed by atoms with E-state index in [1.54, 1.807) is 18.2 Å². The summed E-state index contributed by atoms with van der Waals surface area (Å²) in [5, 5.41) is 3.61. The molecule has 0 spiro atoms. The van der Waals surface area contributed by atoms with Crippen molar-refractivity contribution in [1.29, 1.82) is 0 Å². The van der Waals surface area contributed by atoms with Crippen LogP contribution < -0.4 is 5.32 Å². The number of carbonyl (C=O) groups excluding carboxylic acids is 2. The normalized spacial score (nSPS) is 19.4. The lowest BCUT2D eigenvalue weighted by Gasteiger charge is -2.35. The number of rotatable bonds is 4. The maximum Gasteiger partial charge on any atom is 0.238 e. The lowest BCUT2D eigenvalue weighted by atomic mass is 9.95. The molecule has 6 nitrogen and oxygen atoms in total. The van der Waals surface area contributed by atoms with Gasteiger partial charge in [0.05, 0.1) is 35.5 Å². The van der Waals surface area contributed by atoms with Gasteiger partial charge >= 0.3 is 0 Å². The van der Waals surface area contributed by atoms with Gasteiger partial charge in [0, 0.05) is 19.0 Å². The number of amides is 2. The second-order valence-electron chi connectivity index (χ2n) is 6.63. The minimum Gasteiger partial charge on any atom is -0.378 e. The summed E-state index contributed by atoms with van der Waals surface area (Å²) in [5.74, 6) is 0.114. The summed E-state index contributed by atoms with van der Waals surface area (Å²) in [6.45, 7) is 4.32. The van der Waals surface area contributed by atoms with Gasteiger partial charge in [0.1, 0.15) is 0 Å². The number of likely N-dealkylation sites (tertiary alicyclic amines) is 1. The summed E-state index contributed by atoms with van der Waals surface area (Å²) < 4.78 is 5.30. The number of piperidine rings is 1. The second-order valence-corrected chi connectivity index (χ2v) is 7.45. The van der Waals surface area contributed by atoms with Crippen molar-refractivity contribution in [2.75, 3.05) is 51.3 Å². The van der Waals surface area contributed by atoms with Crippen molar-refractivity contribution in [1.82, 2.24) is 9.80 Å². The summed E-state index contributed by atoms with van der Waals surface area (Å²) >= 11 is 12.2. The summed E-state index contributed by atoms with van der Waals surface area (Å²) in [4.78, 5) is 28.8. The number of benzene rings is 1. The average molecular weight is 400 g/mol. The summed E-state index contributed by atoms with van der Waals surface area (Å²) in [6.07, 6.45) is 1.55. The van der Waals surface area contributed by atoms with Crippen LogP contribution in [-0.4, -0.2) is 67.6 Å². The van der Waals surface area contributed by atoms with E-state index >= 15 is 0 Å². The third-order valence-corrected chi connectivity index (χ3v) is 5.48. The lowest BCUT2D eigenvalue weighted by Crippen LogP contribution is -2.47. The van der Waals surface area contributed by atoms with Crippen LogP contribution in [0.3, 0.4) is 0 Å². The Labute approximate surface area is 163 Å². The number of nitrogens with zero attached hydrogens (tertiary/aromatic N) is 2. The van der Waals surface area contributed by atoms with E-state index in [0.717, 1.165) is 25.9 Å². The molecule has 26 heavy (non-hydrogen) atoms. The van der Waals surface area contributed by atoms with Crippen LogP contribution in [0.1, 0.15) is 12.8 Å². The average Bonchev–Trinajstić information content (AvgIpc) is 2.66. The van der Waals surface area contributed by atoms with Crippen LogP contribution in [0, 0.1) is 5.92 Å². The standard InChI is InChI=1S/C18H23Cl2N3O3/c19-14-2-1-3-15(20)17(14)21-16(24)12-22-6-4-13(5-7-22)18(25)23-8-10-26-11-9-23/h1-3,13H,4-12H2,(H,21,24). The Morgan fingerprint density at radius 2 is 1.69 bits per heavy atom. The smallest absolute Gasteiger partial charge is 0.238 e. The Hall–Kier alpha value is -1.34. The molecule has 1 aromatic rings. The molecule has 0 saturated carbocycles. The van der Waals surface area contributed by atoms with Crippen molar-refractivity contribution in [2.45, 2.75) is 12.8 Å². The minimum absolute atomic E-state index is 0.0467. The maximum absolute atomic E-state index is 12.5. The first-order chi connectivity index (χ1) is 12.5. The molecule has 2 fully saturated rings. The molecular weight excluding hydrogens is 377 g/mol. The van der Waals surface area contributed by atoms with E-state index in [9.17, 15) is 9.59 Å². The van der Waals surface area contributed by atoms with Gasteiger partial charge in [0.25, 0.3) is 0 Å². The highest BCUT2D eigenvalue weighted by atomic mass is 35.5. The fourth-order valence-electron chi connectivity index (χ4n) is 3.38. The van der Waals surface area contributed by atoms with E-state index in [1.165, 1.54) is 0 Å². The number of carbonyl (C=O) groups is 2. The summed E-state index contributed by atoms with van der Waals surface area (Å²) in [6, 6.07) is 5.11. The molecule has 3 rings (SSSR count). The van der Waals surface area contributed by atoms with E-state index in [-0.39, 0.29) is 24.3 Å². The number of anilines is 1. The molecule has 0 aromatic heterocycles. The molecule has 0 radical (unpaired) electrons. The van der Waals surface area contributed by atoms with Crippen molar-refractivity contribution >= 4 is 40.7 Å². The van der Waals surface area contributed by atoms with Gasteiger partial charge in [-0.15, -0.1) is 0 Å². The van der Waals surface area contributed by atoms with E-state index in [1.807, 2.05) is 4.90 Å². The van der Waals surface area contributed by atoms with Crippen LogP contribution >= 0.6 is 23.2 Å². The van der Waals surface area contributed by atoms with Crippen LogP contribution in [0.2, 0.25) is 10.0 Å². The van der Waals surface area contributed by atoms with Crippen molar-refractivity contribution in [3.05, 3.63) is 28.2 Å². The lowest BCUT2D eigenvalue weighted by molar-refractivity contribution is -0.141. The molecule has 2 saturated heterocycles. The molecule has 142 valence electrons. The minimum atomic E-state index is -0.155. The Kier molecular flexibility index (Phi) is 6.75. The molecule has 1 aromatic carbocycles. The third kappa shape index (κ3) is 4.88. The van der Waals surface area contributed by atoms with Gasteiger partial charge in [-0.3, -0.25) is 14.5 Å². The fraction of sp³-hybridized carbons (Fsp3) is 0.556. The maximum atomic E-state index is 12.5. The highest BCUT2D eigenvalue weighted by molar-refractivity contribution is 6.39. The first kappa shape index (κ1) is 19.4. The molecule has 0 aliphatic carbocycles. The highest BCUT2D eigenvalue weighted by Gasteiger charge is 2.30.